The summed E-state index contributed by atoms with van der Waals surface area (Å²) in [7, 11) is 0. The Balaban J connectivity index is 1.36. The van der Waals surface area contributed by atoms with E-state index in [4.69, 9.17) is 15.9 Å². The molecule has 3 aromatic rings. The van der Waals surface area contributed by atoms with Crippen LogP contribution >= 0.6 is 0 Å². The van der Waals surface area contributed by atoms with E-state index in [0.717, 1.165) is 37.4 Å². The van der Waals surface area contributed by atoms with Gasteiger partial charge in [0, 0.05) is 48.2 Å². The average Bonchev–Trinajstić information content (AvgIpc) is 2.89. The Morgan fingerprint density at radius 2 is 1.89 bits per heavy atom. The Kier molecular flexibility index (Phi) is 8.30. The molecule has 1 saturated heterocycles. The number of aliphatic hydroxyl groups is 1. The minimum absolute atomic E-state index is 0.137. The summed E-state index contributed by atoms with van der Waals surface area (Å²) in [6, 6.07) is 17.9. The smallest absolute Gasteiger partial charge is 0.251 e. The number of nitrogens with one attached hydrogen (secondary N) is 2. The van der Waals surface area contributed by atoms with E-state index in [-0.39, 0.29) is 23.8 Å². The molecule has 8 nitrogen and oxygen atoms in total. The number of β-amino-alcohol motifs (C(OH)–C–C–N with tert-alkyl or cyclic N) is 1. The number of hydrogen-bond acceptors (Lipinski definition) is 7. The molecule has 2 aromatic carbocycles. The molecule has 0 bridgehead atoms. The summed E-state index contributed by atoms with van der Waals surface area (Å²) in [6.45, 7) is 4.63. The molecule has 0 spiro atoms. The number of pyridine rings is 1. The van der Waals surface area contributed by atoms with Crippen molar-refractivity contribution in [2.45, 2.75) is 38.5 Å². The fraction of sp³-hybridized carbons (Fsp3) is 0.321. The van der Waals surface area contributed by atoms with E-state index in [1.165, 1.54) is 0 Å². The van der Waals surface area contributed by atoms with Gasteiger partial charge in [0.15, 0.2) is 0 Å². The number of nitrogens with two attached hydrogens (primary N) is 1. The first-order valence-corrected chi connectivity index (χ1v) is 12.2. The number of carbonyl (C=O) groups excluding carboxylic acids is 1. The highest BCUT2D eigenvalue weighted by Crippen LogP contribution is 2.23. The van der Waals surface area contributed by atoms with Crippen LogP contribution in [-0.4, -0.2) is 58.5 Å². The van der Waals surface area contributed by atoms with Crippen LogP contribution in [-0.2, 0) is 6.54 Å². The zero-order chi connectivity index (χ0) is 25.5. The number of aliphatic hydroxyl groups excluding tert-OH is 1. The third-order valence-corrected chi connectivity index (χ3v) is 6.24. The second kappa shape index (κ2) is 11.8. The van der Waals surface area contributed by atoms with E-state index >= 15 is 0 Å². The van der Waals surface area contributed by atoms with Crippen LogP contribution in [0.5, 0.6) is 5.75 Å². The van der Waals surface area contributed by atoms with Gasteiger partial charge in [0.05, 0.1) is 24.1 Å². The minimum atomic E-state index is -0.318. The molecule has 4 rings (SSSR count). The van der Waals surface area contributed by atoms with E-state index in [1.807, 2.05) is 49.4 Å². The fourth-order valence-electron chi connectivity index (χ4n) is 4.32. The first-order chi connectivity index (χ1) is 17.4. The van der Waals surface area contributed by atoms with Crippen molar-refractivity contribution in [1.29, 1.82) is 5.41 Å². The molecule has 36 heavy (non-hydrogen) atoms. The molecule has 5 N–H and O–H groups in total. The van der Waals surface area contributed by atoms with Crippen LogP contribution in [0.4, 0.5) is 5.69 Å². The Morgan fingerprint density at radius 3 is 2.56 bits per heavy atom. The molecule has 1 aliphatic heterocycles. The van der Waals surface area contributed by atoms with Crippen molar-refractivity contribution >= 4 is 17.3 Å². The molecule has 1 unspecified atom stereocenters. The second-order valence-electron chi connectivity index (χ2n) is 9.17. The second-order valence-corrected chi connectivity index (χ2v) is 9.17. The molecule has 1 fully saturated rings. The lowest BCUT2D eigenvalue weighted by atomic mass is 9.98. The molecule has 2 heterocycles. The molecular formula is C28H33N5O3. The van der Waals surface area contributed by atoms with Crippen LogP contribution in [0.3, 0.4) is 0 Å². The Labute approximate surface area is 211 Å². The number of hydrogen-bond donors (Lipinski definition) is 4. The van der Waals surface area contributed by atoms with Crippen molar-refractivity contribution in [3.05, 3.63) is 89.2 Å². The van der Waals surface area contributed by atoms with Gasteiger partial charge in [0.2, 0.25) is 0 Å². The number of anilines is 1. The van der Waals surface area contributed by atoms with E-state index in [1.54, 1.807) is 24.4 Å². The number of nitrogens with zero attached hydrogens (tertiary/aromatic N) is 2. The molecule has 1 atom stereocenters. The summed E-state index contributed by atoms with van der Waals surface area (Å²) < 4.78 is 6.14. The van der Waals surface area contributed by atoms with Gasteiger partial charge >= 0.3 is 0 Å². The van der Waals surface area contributed by atoms with Crippen molar-refractivity contribution in [2.24, 2.45) is 0 Å². The maximum absolute atomic E-state index is 12.7. The molecule has 8 heteroatoms. The van der Waals surface area contributed by atoms with Gasteiger partial charge in [-0.3, -0.25) is 15.2 Å². The maximum atomic E-state index is 12.7. The van der Waals surface area contributed by atoms with Gasteiger partial charge in [-0.15, -0.1) is 0 Å². The quantitative estimate of drug-likeness (QED) is 0.271. The predicted molar refractivity (Wildman–Crippen MR) is 140 cm³/mol. The molecule has 0 aliphatic carbocycles. The van der Waals surface area contributed by atoms with Crippen LogP contribution < -0.4 is 15.8 Å². The molecule has 188 valence electrons. The number of nitrogen functional groups attached to an aromatic ring is 1. The minimum Gasteiger partial charge on any atom is -0.490 e. The zero-order valence-corrected chi connectivity index (χ0v) is 20.5. The lowest BCUT2D eigenvalue weighted by Gasteiger charge is -2.32. The molecule has 0 saturated carbocycles. The Morgan fingerprint density at radius 1 is 1.17 bits per heavy atom. The lowest BCUT2D eigenvalue weighted by molar-refractivity contribution is 0.0673. The molecule has 0 radical (unpaired) electrons. The van der Waals surface area contributed by atoms with E-state index < -0.39 is 0 Å². The highest BCUT2D eigenvalue weighted by Gasteiger charge is 2.21. The first kappa shape index (κ1) is 25.3. The summed E-state index contributed by atoms with van der Waals surface area (Å²) in [6.07, 6.45) is 3.33. The summed E-state index contributed by atoms with van der Waals surface area (Å²) in [5.74, 6) is 0.508. The van der Waals surface area contributed by atoms with Crippen LogP contribution in [0.25, 0.3) is 0 Å². The van der Waals surface area contributed by atoms with Gasteiger partial charge < -0.3 is 25.8 Å². The zero-order valence-electron chi connectivity index (χ0n) is 20.5. The Hall–Kier alpha value is -3.75. The molecule has 1 aliphatic rings. The molecule has 1 aromatic heterocycles. The number of rotatable bonds is 9. The topological polar surface area (TPSA) is 125 Å². The number of amides is 1. The van der Waals surface area contributed by atoms with Crippen LogP contribution in [0.15, 0.2) is 66.9 Å². The SMILES string of the molecule is CC(O)CN1CCC(Oc2ccc(C(=N)c3cc(C(=O)NCc4ccccn4)ccc3N)cc2)CC1. The van der Waals surface area contributed by atoms with Crippen LogP contribution in [0.1, 0.15) is 46.9 Å². The lowest BCUT2D eigenvalue weighted by Crippen LogP contribution is -2.41. The van der Waals surface area contributed by atoms with Gasteiger partial charge in [-0.05, 0) is 74.4 Å². The van der Waals surface area contributed by atoms with Gasteiger partial charge in [-0.2, -0.15) is 0 Å². The highest BCUT2D eigenvalue weighted by atomic mass is 16.5. The molecule has 1 amide bonds. The number of carbonyl (C=O) groups is 1. The average molecular weight is 488 g/mol. The van der Waals surface area contributed by atoms with E-state index in [9.17, 15) is 9.90 Å². The summed E-state index contributed by atoms with van der Waals surface area (Å²) >= 11 is 0. The van der Waals surface area contributed by atoms with Crippen molar-refractivity contribution in [3.63, 3.8) is 0 Å². The summed E-state index contributed by atoms with van der Waals surface area (Å²) in [5, 5.41) is 21.1. The van der Waals surface area contributed by atoms with Crippen LogP contribution in [0.2, 0.25) is 0 Å². The molecular weight excluding hydrogens is 454 g/mol. The fourth-order valence-corrected chi connectivity index (χ4v) is 4.32. The maximum Gasteiger partial charge on any atom is 0.251 e. The summed E-state index contributed by atoms with van der Waals surface area (Å²) in [5.41, 5.74) is 9.22. The Bertz CT molecular complexity index is 1170. The van der Waals surface area contributed by atoms with Gasteiger partial charge in [-0.1, -0.05) is 6.07 Å². The number of aromatic nitrogens is 1. The third kappa shape index (κ3) is 6.68. The van der Waals surface area contributed by atoms with Gasteiger partial charge in [0.25, 0.3) is 5.91 Å². The third-order valence-electron chi connectivity index (χ3n) is 6.24. The number of ether oxygens (including phenoxy) is 1. The largest absolute Gasteiger partial charge is 0.490 e. The van der Waals surface area contributed by atoms with Crippen molar-refractivity contribution in [3.8, 4) is 5.75 Å². The summed E-state index contributed by atoms with van der Waals surface area (Å²) in [4.78, 5) is 19.1. The number of likely N-dealkylation sites (tertiary alicyclic amines) is 1. The van der Waals surface area contributed by atoms with E-state index in [0.29, 0.717) is 35.5 Å². The highest BCUT2D eigenvalue weighted by molar-refractivity contribution is 6.14. The van der Waals surface area contributed by atoms with Gasteiger partial charge in [0.1, 0.15) is 11.9 Å². The number of benzene rings is 2. The van der Waals surface area contributed by atoms with Crippen molar-refractivity contribution < 1.29 is 14.6 Å². The van der Waals surface area contributed by atoms with E-state index in [2.05, 4.69) is 15.2 Å². The normalized spacial score (nSPS) is 15.3. The van der Waals surface area contributed by atoms with Crippen molar-refractivity contribution in [1.82, 2.24) is 15.2 Å². The standard InChI is InChI=1S/C28H33N5O3/c1-19(34)18-33-14-11-24(12-15-33)36-23-8-5-20(6-9-23)27(30)25-16-21(7-10-26(25)29)28(35)32-17-22-4-2-3-13-31-22/h2-10,13,16,19,24,30,34H,11-12,14-15,17-18,29H2,1H3,(H,32,35). The van der Waals surface area contributed by atoms with Crippen LogP contribution in [0, 0.1) is 5.41 Å². The number of piperidine rings is 1. The first-order valence-electron chi connectivity index (χ1n) is 12.2. The monoisotopic (exact) mass is 487 g/mol. The predicted octanol–water partition coefficient (Wildman–Crippen LogP) is 3.23. The van der Waals surface area contributed by atoms with Crippen molar-refractivity contribution in [2.75, 3.05) is 25.4 Å². The van der Waals surface area contributed by atoms with Gasteiger partial charge in [-0.25, -0.2) is 0 Å².